The molecule has 0 atom stereocenters. The van der Waals surface area contributed by atoms with E-state index in [9.17, 15) is 26.4 Å². The summed E-state index contributed by atoms with van der Waals surface area (Å²) < 4.78 is 71.2. The van der Waals surface area contributed by atoms with Crippen LogP contribution in [0, 0.1) is 0 Å². The minimum Gasteiger partial charge on any atom is -0.465 e. The molecule has 2 aromatic rings. The van der Waals surface area contributed by atoms with Crippen molar-refractivity contribution in [3.63, 3.8) is 0 Å². The van der Waals surface area contributed by atoms with Gasteiger partial charge in [-0.25, -0.2) is 13.2 Å². The fraction of sp³-hybridized carbons (Fsp3) is 0.235. The lowest BCUT2D eigenvalue weighted by Crippen LogP contribution is -2.26. The molecule has 0 bridgehead atoms. The van der Waals surface area contributed by atoms with Crippen molar-refractivity contribution in [3.05, 3.63) is 59.7 Å². The molecular weight excluding hydrogens is 387 g/mol. The second kappa shape index (κ2) is 7.97. The van der Waals surface area contributed by atoms with Crippen LogP contribution in [0.4, 0.5) is 13.2 Å². The van der Waals surface area contributed by atoms with Gasteiger partial charge >= 0.3 is 12.3 Å². The maximum Gasteiger partial charge on any atom is 0.573 e. The summed E-state index contributed by atoms with van der Waals surface area (Å²) in [5, 5.41) is 0. The van der Waals surface area contributed by atoms with E-state index in [0.717, 1.165) is 16.4 Å². The minimum absolute atomic E-state index is 0.0839. The number of benzene rings is 2. The van der Waals surface area contributed by atoms with Crippen LogP contribution >= 0.6 is 0 Å². The van der Waals surface area contributed by atoms with Gasteiger partial charge in [0.2, 0.25) is 10.0 Å². The van der Waals surface area contributed by atoms with E-state index in [-0.39, 0.29) is 17.0 Å². The quantitative estimate of drug-likeness (QED) is 0.693. The normalized spacial score (nSPS) is 12.1. The molecule has 10 heteroatoms. The largest absolute Gasteiger partial charge is 0.573 e. The highest BCUT2D eigenvalue weighted by Crippen LogP contribution is 2.24. The van der Waals surface area contributed by atoms with Gasteiger partial charge in [-0.05, 0) is 35.9 Å². The third kappa shape index (κ3) is 5.44. The van der Waals surface area contributed by atoms with Gasteiger partial charge < -0.3 is 9.47 Å². The van der Waals surface area contributed by atoms with Gasteiger partial charge in [-0.2, -0.15) is 4.31 Å². The number of alkyl halides is 3. The van der Waals surface area contributed by atoms with E-state index in [1.54, 1.807) is 0 Å². The van der Waals surface area contributed by atoms with E-state index in [1.807, 2.05) is 0 Å². The number of carbonyl (C=O) groups is 1. The highest BCUT2D eigenvalue weighted by Gasteiger charge is 2.31. The Morgan fingerprint density at radius 2 is 1.74 bits per heavy atom. The predicted octanol–water partition coefficient (Wildman–Crippen LogP) is 3.19. The number of carbonyl (C=O) groups excluding carboxylic acids is 1. The second-order valence-corrected chi connectivity index (χ2v) is 7.52. The van der Waals surface area contributed by atoms with E-state index in [0.29, 0.717) is 5.56 Å². The molecule has 0 heterocycles. The number of esters is 1. The van der Waals surface area contributed by atoms with Crippen LogP contribution in [0.3, 0.4) is 0 Å². The van der Waals surface area contributed by atoms with Gasteiger partial charge in [0.1, 0.15) is 5.75 Å². The van der Waals surface area contributed by atoms with Crippen LogP contribution in [-0.4, -0.2) is 39.2 Å². The molecule has 0 radical (unpaired) electrons. The third-order valence-corrected chi connectivity index (χ3v) is 5.32. The molecule has 0 saturated carbocycles. The van der Waals surface area contributed by atoms with Gasteiger partial charge in [-0.15, -0.1) is 13.2 Å². The summed E-state index contributed by atoms with van der Waals surface area (Å²) in [6.07, 6.45) is -4.80. The number of hydrogen-bond acceptors (Lipinski definition) is 5. The molecule has 6 nitrogen and oxygen atoms in total. The summed E-state index contributed by atoms with van der Waals surface area (Å²) >= 11 is 0. The first kappa shape index (κ1) is 20.7. The lowest BCUT2D eigenvalue weighted by atomic mass is 10.2. The monoisotopic (exact) mass is 403 g/mol. The van der Waals surface area contributed by atoms with Gasteiger partial charge in [-0.1, -0.05) is 18.2 Å². The Bertz CT molecular complexity index is 911. The molecule has 0 aliphatic rings. The molecule has 0 amide bonds. The first-order chi connectivity index (χ1) is 12.5. The summed E-state index contributed by atoms with van der Waals surface area (Å²) in [5.74, 6) is -1.07. The molecule has 0 aromatic heterocycles. The average molecular weight is 403 g/mol. The van der Waals surface area contributed by atoms with Gasteiger partial charge in [-0.3, -0.25) is 0 Å². The molecular formula is C17H16F3NO5S. The Morgan fingerprint density at radius 3 is 2.30 bits per heavy atom. The van der Waals surface area contributed by atoms with Gasteiger partial charge in [0, 0.05) is 13.6 Å². The highest BCUT2D eigenvalue weighted by molar-refractivity contribution is 7.89. The van der Waals surface area contributed by atoms with Crippen molar-refractivity contribution in [1.82, 2.24) is 4.31 Å². The topological polar surface area (TPSA) is 72.9 Å². The van der Waals surface area contributed by atoms with Crippen molar-refractivity contribution in [2.24, 2.45) is 0 Å². The molecule has 0 aliphatic heterocycles. The van der Waals surface area contributed by atoms with Crippen LogP contribution < -0.4 is 4.74 Å². The van der Waals surface area contributed by atoms with E-state index in [1.165, 1.54) is 50.6 Å². The third-order valence-electron chi connectivity index (χ3n) is 3.53. The van der Waals surface area contributed by atoms with E-state index < -0.39 is 28.1 Å². The molecule has 146 valence electrons. The van der Waals surface area contributed by atoms with E-state index in [4.69, 9.17) is 0 Å². The number of hydrogen-bond donors (Lipinski definition) is 0. The Labute approximate surface area is 154 Å². The first-order valence-electron chi connectivity index (χ1n) is 7.52. The number of rotatable bonds is 6. The standard InChI is InChI=1S/C17H16F3NO5S/c1-21(11-12-6-8-14(9-7-12)26-17(18,19)20)27(23,24)15-5-3-4-13(10-15)16(22)25-2/h3-10H,11H2,1-2H3. The number of methoxy groups -OCH3 is 1. The molecule has 0 saturated heterocycles. The maximum absolute atomic E-state index is 12.7. The van der Waals surface area contributed by atoms with Crippen molar-refractivity contribution in [2.45, 2.75) is 17.8 Å². The summed E-state index contributed by atoms with van der Waals surface area (Å²) in [7, 11) is -1.42. The van der Waals surface area contributed by atoms with Crippen molar-refractivity contribution in [1.29, 1.82) is 0 Å². The molecule has 0 aliphatic carbocycles. The summed E-state index contributed by atoms with van der Waals surface area (Å²) in [5.41, 5.74) is 0.542. The van der Waals surface area contributed by atoms with Gasteiger partial charge in [0.25, 0.3) is 0 Å². The Hall–Kier alpha value is -2.59. The van der Waals surface area contributed by atoms with Crippen molar-refractivity contribution in [2.75, 3.05) is 14.2 Å². The minimum atomic E-state index is -4.80. The molecule has 0 fully saturated rings. The Balaban J connectivity index is 2.17. The van der Waals surface area contributed by atoms with Crippen LogP contribution in [0.25, 0.3) is 0 Å². The lowest BCUT2D eigenvalue weighted by Gasteiger charge is -2.18. The smallest absolute Gasteiger partial charge is 0.465 e. The van der Waals surface area contributed by atoms with Crippen LogP contribution in [0.5, 0.6) is 5.75 Å². The number of sulfonamides is 1. The van der Waals surface area contributed by atoms with Crippen LogP contribution in [0.2, 0.25) is 0 Å². The molecule has 0 unspecified atom stereocenters. The Kier molecular flexibility index (Phi) is 6.11. The summed E-state index contributed by atoms with van der Waals surface area (Å²) in [4.78, 5) is 11.5. The fourth-order valence-corrected chi connectivity index (χ4v) is 3.43. The summed E-state index contributed by atoms with van der Waals surface area (Å²) in [6.45, 7) is -0.0862. The molecule has 2 rings (SSSR count). The average Bonchev–Trinajstić information content (AvgIpc) is 2.61. The maximum atomic E-state index is 12.7. The lowest BCUT2D eigenvalue weighted by molar-refractivity contribution is -0.274. The first-order valence-corrected chi connectivity index (χ1v) is 8.96. The van der Waals surface area contributed by atoms with Crippen molar-refractivity contribution in [3.8, 4) is 5.75 Å². The molecule has 0 N–H and O–H groups in total. The van der Waals surface area contributed by atoms with Gasteiger partial charge in [0.05, 0.1) is 17.6 Å². The molecule has 27 heavy (non-hydrogen) atoms. The van der Waals surface area contributed by atoms with Crippen molar-refractivity contribution >= 4 is 16.0 Å². The van der Waals surface area contributed by atoms with Crippen LogP contribution in [0.15, 0.2) is 53.4 Å². The van der Waals surface area contributed by atoms with Gasteiger partial charge in [0.15, 0.2) is 0 Å². The zero-order chi connectivity index (χ0) is 20.2. The number of halogens is 3. The second-order valence-electron chi connectivity index (χ2n) is 5.47. The highest BCUT2D eigenvalue weighted by atomic mass is 32.2. The molecule has 2 aromatic carbocycles. The fourth-order valence-electron chi connectivity index (χ4n) is 2.22. The van der Waals surface area contributed by atoms with E-state index >= 15 is 0 Å². The van der Waals surface area contributed by atoms with Crippen molar-refractivity contribution < 1.29 is 35.9 Å². The number of nitrogens with zero attached hydrogens (tertiary/aromatic N) is 1. The predicted molar refractivity (Wildman–Crippen MR) is 89.6 cm³/mol. The Morgan fingerprint density at radius 1 is 1.11 bits per heavy atom. The summed E-state index contributed by atoms with van der Waals surface area (Å²) in [6, 6.07) is 10.2. The van der Waals surface area contributed by atoms with Crippen LogP contribution in [-0.2, 0) is 21.3 Å². The van der Waals surface area contributed by atoms with E-state index in [2.05, 4.69) is 9.47 Å². The molecule has 0 spiro atoms. The number of ether oxygens (including phenoxy) is 2. The zero-order valence-corrected chi connectivity index (χ0v) is 15.2. The van der Waals surface area contributed by atoms with Crippen LogP contribution in [0.1, 0.15) is 15.9 Å². The SMILES string of the molecule is COC(=O)c1cccc(S(=O)(=O)N(C)Cc2ccc(OC(F)(F)F)cc2)c1. The zero-order valence-electron chi connectivity index (χ0n) is 14.4.